The van der Waals surface area contributed by atoms with Crippen LogP contribution < -0.4 is 10.6 Å². The van der Waals surface area contributed by atoms with E-state index >= 15 is 0 Å². The second kappa shape index (κ2) is 6.89. The van der Waals surface area contributed by atoms with Crippen molar-refractivity contribution in [3.63, 3.8) is 0 Å². The lowest BCUT2D eigenvalue weighted by Gasteiger charge is -2.10. The first-order valence-corrected chi connectivity index (χ1v) is 8.87. The van der Waals surface area contributed by atoms with Crippen LogP contribution in [-0.2, 0) is 4.79 Å². The number of nitrogens with one attached hydrogen (secondary N) is 2. The number of aromatic nitrogens is 1. The number of rotatable bonds is 3. The van der Waals surface area contributed by atoms with Crippen LogP contribution in [0.2, 0.25) is 5.02 Å². The summed E-state index contributed by atoms with van der Waals surface area (Å²) in [5.74, 6) is 0.487. The number of fused-ring (bicyclic) bond motifs is 1. The minimum absolute atomic E-state index is 0.0199. The summed E-state index contributed by atoms with van der Waals surface area (Å²) < 4.78 is 0.982. The van der Waals surface area contributed by atoms with Crippen molar-refractivity contribution in [3.05, 3.63) is 23.2 Å². The number of anilines is 1. The van der Waals surface area contributed by atoms with E-state index in [1.807, 2.05) is 12.1 Å². The third kappa shape index (κ3) is 3.94. The van der Waals surface area contributed by atoms with Gasteiger partial charge in [-0.05, 0) is 49.2 Å². The maximum absolute atomic E-state index is 11.9. The fourth-order valence-electron chi connectivity index (χ4n) is 2.73. The van der Waals surface area contributed by atoms with Crippen molar-refractivity contribution < 1.29 is 4.79 Å². The van der Waals surface area contributed by atoms with Crippen LogP contribution in [0.5, 0.6) is 0 Å². The molecule has 1 saturated carbocycles. The predicted molar refractivity (Wildman–Crippen MR) is 95.6 cm³/mol. The number of hydrogen-bond donors (Lipinski definition) is 2. The molecule has 22 heavy (non-hydrogen) atoms. The van der Waals surface area contributed by atoms with Crippen molar-refractivity contribution >= 4 is 61.5 Å². The van der Waals surface area contributed by atoms with E-state index in [1.165, 1.54) is 24.2 Å². The van der Waals surface area contributed by atoms with Crippen LogP contribution >= 0.6 is 35.2 Å². The van der Waals surface area contributed by atoms with Gasteiger partial charge in [0.05, 0.1) is 10.2 Å². The molecule has 1 heterocycles. The number of thiocarbonyl (C=S) groups is 1. The fraction of sp³-hybridized carbons (Fsp3) is 0.400. The number of carbonyl (C=O) groups excluding carboxylic acids is 1. The molecular weight excluding hydrogens is 338 g/mol. The average Bonchev–Trinajstić information content (AvgIpc) is 3.06. The molecule has 1 aromatic heterocycles. The van der Waals surface area contributed by atoms with Gasteiger partial charge >= 0.3 is 0 Å². The monoisotopic (exact) mass is 353 g/mol. The van der Waals surface area contributed by atoms with Crippen LogP contribution in [0.15, 0.2) is 18.2 Å². The Morgan fingerprint density at radius 3 is 2.95 bits per heavy atom. The molecule has 0 atom stereocenters. The minimum Gasteiger partial charge on any atom is -0.308 e. The summed E-state index contributed by atoms with van der Waals surface area (Å²) in [5, 5.41) is 7.33. The lowest BCUT2D eigenvalue weighted by atomic mass is 10.0. The summed E-state index contributed by atoms with van der Waals surface area (Å²) in [5.41, 5.74) is 0.858. The number of benzene rings is 1. The lowest BCUT2D eigenvalue weighted by molar-refractivity contribution is -0.120. The summed E-state index contributed by atoms with van der Waals surface area (Å²) in [6.07, 6.45) is 5.31. The molecule has 0 radical (unpaired) electrons. The van der Waals surface area contributed by atoms with Crippen molar-refractivity contribution in [2.24, 2.45) is 5.92 Å². The molecule has 3 rings (SSSR count). The van der Waals surface area contributed by atoms with Gasteiger partial charge in [0.25, 0.3) is 0 Å². The van der Waals surface area contributed by atoms with E-state index in [-0.39, 0.29) is 5.91 Å². The van der Waals surface area contributed by atoms with Gasteiger partial charge in [-0.25, -0.2) is 4.98 Å². The van der Waals surface area contributed by atoms with Crippen LogP contribution in [0.1, 0.15) is 32.1 Å². The van der Waals surface area contributed by atoms with Gasteiger partial charge in [-0.1, -0.05) is 35.8 Å². The second-order valence-corrected chi connectivity index (χ2v) is 7.36. The zero-order chi connectivity index (χ0) is 15.5. The topological polar surface area (TPSA) is 54.0 Å². The summed E-state index contributed by atoms with van der Waals surface area (Å²) >= 11 is 12.6. The van der Waals surface area contributed by atoms with Gasteiger partial charge in [-0.2, -0.15) is 0 Å². The first-order chi connectivity index (χ1) is 10.6. The van der Waals surface area contributed by atoms with E-state index in [0.29, 0.717) is 27.6 Å². The number of thiazole rings is 1. The SMILES string of the molecule is O=C(CC1CCCC1)NC(=S)Nc1nc2ccc(Cl)cc2s1. The Morgan fingerprint density at radius 1 is 1.41 bits per heavy atom. The van der Waals surface area contributed by atoms with Gasteiger partial charge < -0.3 is 10.6 Å². The molecule has 1 fully saturated rings. The van der Waals surface area contributed by atoms with E-state index in [4.69, 9.17) is 23.8 Å². The Kier molecular flexibility index (Phi) is 4.90. The molecule has 2 aromatic rings. The molecule has 4 nitrogen and oxygen atoms in total. The smallest absolute Gasteiger partial charge is 0.226 e. The van der Waals surface area contributed by atoms with Crippen LogP contribution in [-0.4, -0.2) is 16.0 Å². The maximum atomic E-state index is 11.9. The zero-order valence-electron chi connectivity index (χ0n) is 11.9. The Morgan fingerprint density at radius 2 is 2.18 bits per heavy atom. The molecule has 7 heteroatoms. The summed E-state index contributed by atoms with van der Waals surface area (Å²) in [4.78, 5) is 16.4. The molecule has 1 aliphatic rings. The Balaban J connectivity index is 1.56. The molecule has 0 aliphatic heterocycles. The molecule has 116 valence electrons. The van der Waals surface area contributed by atoms with Crippen LogP contribution in [0.3, 0.4) is 0 Å². The van der Waals surface area contributed by atoms with Crippen LogP contribution in [0.25, 0.3) is 10.2 Å². The molecule has 1 aliphatic carbocycles. The largest absolute Gasteiger partial charge is 0.308 e. The Labute approximate surface area is 143 Å². The number of nitrogens with zero attached hydrogens (tertiary/aromatic N) is 1. The normalized spacial score (nSPS) is 15.1. The van der Waals surface area contributed by atoms with Gasteiger partial charge in [0, 0.05) is 11.4 Å². The molecular formula is C15H16ClN3OS2. The fourth-order valence-corrected chi connectivity index (χ4v) is 4.16. The standard InChI is InChI=1S/C15H16ClN3OS2/c16-10-5-6-11-12(8-10)22-15(17-11)19-14(21)18-13(20)7-9-3-1-2-4-9/h5-6,8-9H,1-4,7H2,(H2,17,18,19,20,21). The van der Waals surface area contributed by atoms with Gasteiger partial charge in [-0.15, -0.1) is 0 Å². The first-order valence-electron chi connectivity index (χ1n) is 7.27. The number of carbonyl (C=O) groups is 1. The van der Waals surface area contributed by atoms with E-state index in [9.17, 15) is 4.79 Å². The van der Waals surface area contributed by atoms with Crippen LogP contribution in [0, 0.1) is 5.92 Å². The lowest BCUT2D eigenvalue weighted by Crippen LogP contribution is -2.34. The zero-order valence-corrected chi connectivity index (χ0v) is 14.3. The minimum atomic E-state index is -0.0199. The quantitative estimate of drug-likeness (QED) is 0.806. The Bertz CT molecular complexity index is 710. The maximum Gasteiger partial charge on any atom is 0.226 e. The molecule has 0 spiro atoms. The average molecular weight is 354 g/mol. The number of hydrogen-bond acceptors (Lipinski definition) is 4. The Hall–Kier alpha value is -1.24. The van der Waals surface area contributed by atoms with Gasteiger partial charge in [0.15, 0.2) is 10.2 Å². The van der Waals surface area contributed by atoms with Crippen molar-refractivity contribution in [1.82, 2.24) is 10.3 Å². The van der Waals surface area contributed by atoms with Gasteiger partial charge in [-0.3, -0.25) is 4.79 Å². The first kappa shape index (κ1) is 15.6. The number of amides is 1. The highest BCUT2D eigenvalue weighted by molar-refractivity contribution is 7.80. The van der Waals surface area contributed by atoms with Crippen LogP contribution in [0.4, 0.5) is 5.13 Å². The highest BCUT2D eigenvalue weighted by Gasteiger charge is 2.19. The summed E-state index contributed by atoms with van der Waals surface area (Å²) in [6.45, 7) is 0. The molecule has 1 amide bonds. The van der Waals surface area contributed by atoms with Gasteiger partial charge in [0.2, 0.25) is 5.91 Å². The number of halogens is 1. The van der Waals surface area contributed by atoms with Crippen molar-refractivity contribution in [3.8, 4) is 0 Å². The highest BCUT2D eigenvalue weighted by atomic mass is 35.5. The predicted octanol–water partition coefficient (Wildman–Crippen LogP) is 4.34. The van der Waals surface area contributed by atoms with E-state index in [0.717, 1.165) is 23.1 Å². The van der Waals surface area contributed by atoms with Crippen molar-refractivity contribution in [1.29, 1.82) is 0 Å². The second-order valence-electron chi connectivity index (χ2n) is 5.49. The van der Waals surface area contributed by atoms with E-state index in [1.54, 1.807) is 6.07 Å². The van der Waals surface area contributed by atoms with Crippen molar-refractivity contribution in [2.75, 3.05) is 5.32 Å². The van der Waals surface area contributed by atoms with E-state index < -0.39 is 0 Å². The summed E-state index contributed by atoms with van der Waals surface area (Å²) in [7, 11) is 0. The van der Waals surface area contributed by atoms with Gasteiger partial charge in [0.1, 0.15) is 0 Å². The van der Waals surface area contributed by atoms with E-state index in [2.05, 4.69) is 15.6 Å². The summed E-state index contributed by atoms with van der Waals surface area (Å²) in [6, 6.07) is 5.53. The highest BCUT2D eigenvalue weighted by Crippen LogP contribution is 2.29. The molecule has 0 bridgehead atoms. The third-order valence-corrected chi connectivity index (χ3v) is 5.15. The van der Waals surface area contributed by atoms with Crippen molar-refractivity contribution in [2.45, 2.75) is 32.1 Å². The molecule has 0 saturated heterocycles. The molecule has 1 aromatic carbocycles. The molecule has 0 unspecified atom stereocenters. The third-order valence-electron chi connectivity index (χ3n) is 3.77. The molecule has 2 N–H and O–H groups in total.